The lowest BCUT2D eigenvalue weighted by atomic mass is 10.2. The lowest BCUT2D eigenvalue weighted by Crippen LogP contribution is -2.18. The Labute approximate surface area is 151 Å². The van der Waals surface area contributed by atoms with Gasteiger partial charge in [0.1, 0.15) is 10.8 Å². The first-order chi connectivity index (χ1) is 11.6. The van der Waals surface area contributed by atoms with E-state index in [1.807, 2.05) is 4.83 Å². The van der Waals surface area contributed by atoms with Crippen LogP contribution in [-0.4, -0.2) is 29.8 Å². The van der Waals surface area contributed by atoms with Crippen LogP contribution in [0.3, 0.4) is 0 Å². The molecule has 2 aromatic rings. The molecule has 0 amide bonds. The van der Waals surface area contributed by atoms with Crippen molar-refractivity contribution in [3.8, 4) is 11.5 Å². The first kappa shape index (κ1) is 18.8. The Morgan fingerprint density at radius 2 is 1.88 bits per heavy atom. The molecule has 0 saturated carbocycles. The first-order valence-electron chi connectivity index (χ1n) is 6.32. The van der Waals surface area contributed by atoms with Crippen LogP contribution in [0.2, 0.25) is 10.0 Å². The molecule has 0 aliphatic rings. The second kappa shape index (κ2) is 7.13. The van der Waals surface area contributed by atoms with Gasteiger partial charge in [0.15, 0.2) is 5.75 Å². The Hall–Kier alpha value is -2.56. The molecule has 12 heteroatoms. The number of nitro groups is 1. The van der Waals surface area contributed by atoms with Crippen molar-refractivity contribution in [1.29, 1.82) is 0 Å². The zero-order valence-electron chi connectivity index (χ0n) is 12.1. The van der Waals surface area contributed by atoms with Crippen molar-refractivity contribution in [2.24, 2.45) is 5.10 Å². The molecule has 0 heterocycles. The van der Waals surface area contributed by atoms with Crippen LogP contribution in [0.4, 0.5) is 5.69 Å². The zero-order valence-corrected chi connectivity index (χ0v) is 14.4. The summed E-state index contributed by atoms with van der Waals surface area (Å²) >= 11 is 11.3. The van der Waals surface area contributed by atoms with Crippen LogP contribution < -0.4 is 4.83 Å². The third kappa shape index (κ3) is 4.10. The summed E-state index contributed by atoms with van der Waals surface area (Å²) in [7, 11) is -4.18. The predicted molar refractivity (Wildman–Crippen MR) is 90.8 cm³/mol. The van der Waals surface area contributed by atoms with Gasteiger partial charge in [0.25, 0.3) is 15.7 Å². The van der Waals surface area contributed by atoms with E-state index in [9.17, 15) is 28.7 Å². The first-order valence-corrected chi connectivity index (χ1v) is 8.56. The van der Waals surface area contributed by atoms with E-state index in [-0.39, 0.29) is 15.5 Å². The van der Waals surface area contributed by atoms with Gasteiger partial charge in [0, 0.05) is 17.7 Å². The van der Waals surface area contributed by atoms with Gasteiger partial charge in [-0.15, -0.1) is 0 Å². The second-order valence-electron chi connectivity index (χ2n) is 4.57. The maximum Gasteiger partial charge on any atom is 0.276 e. The molecule has 0 aliphatic carbocycles. The minimum absolute atomic E-state index is 0.0606. The maximum absolute atomic E-state index is 12.1. The molecule has 0 atom stereocenters. The van der Waals surface area contributed by atoms with Gasteiger partial charge in [0.2, 0.25) is 0 Å². The molecule has 25 heavy (non-hydrogen) atoms. The van der Waals surface area contributed by atoms with Crippen LogP contribution in [0.25, 0.3) is 0 Å². The zero-order chi connectivity index (χ0) is 18.8. The highest BCUT2D eigenvalue weighted by molar-refractivity contribution is 7.89. The Morgan fingerprint density at radius 3 is 2.52 bits per heavy atom. The standard InChI is InChI=1S/C13H9Cl2N3O6S/c14-10-4-7(12(19)11(15)13(10)20)6-16-17-25(23,24)9-3-1-2-8(5-9)18(21)22/h1-6,17,19-20H/b16-6+. The van der Waals surface area contributed by atoms with Crippen molar-refractivity contribution in [2.45, 2.75) is 4.90 Å². The highest BCUT2D eigenvalue weighted by atomic mass is 35.5. The Morgan fingerprint density at radius 1 is 1.20 bits per heavy atom. The van der Waals surface area contributed by atoms with Crippen LogP contribution in [0.1, 0.15) is 5.56 Å². The molecule has 0 spiro atoms. The van der Waals surface area contributed by atoms with E-state index >= 15 is 0 Å². The number of hydrogen-bond acceptors (Lipinski definition) is 7. The number of hydrazone groups is 1. The predicted octanol–water partition coefficient (Wildman–Crippen LogP) is 2.63. The molecule has 0 fully saturated rings. The van der Waals surface area contributed by atoms with E-state index in [0.717, 1.165) is 30.5 Å². The van der Waals surface area contributed by atoms with Crippen molar-refractivity contribution in [2.75, 3.05) is 0 Å². The summed E-state index contributed by atoms with van der Waals surface area (Å²) in [6, 6.07) is 5.48. The van der Waals surface area contributed by atoms with E-state index < -0.39 is 37.2 Å². The van der Waals surface area contributed by atoms with E-state index in [2.05, 4.69) is 5.10 Å². The largest absolute Gasteiger partial charge is 0.506 e. The fourth-order valence-corrected chi connectivity index (χ4v) is 3.00. The number of aromatic hydroxyl groups is 2. The minimum atomic E-state index is -4.18. The molecule has 0 saturated heterocycles. The number of non-ortho nitro benzene ring substituents is 1. The van der Waals surface area contributed by atoms with Gasteiger partial charge in [-0.05, 0) is 12.1 Å². The van der Waals surface area contributed by atoms with Gasteiger partial charge in [-0.1, -0.05) is 29.3 Å². The van der Waals surface area contributed by atoms with Crippen LogP contribution in [0.15, 0.2) is 40.3 Å². The molecule has 0 aliphatic heterocycles. The number of benzene rings is 2. The van der Waals surface area contributed by atoms with Gasteiger partial charge in [-0.25, -0.2) is 4.83 Å². The molecule has 9 nitrogen and oxygen atoms in total. The third-order valence-electron chi connectivity index (χ3n) is 2.91. The van der Waals surface area contributed by atoms with Gasteiger partial charge in [-0.2, -0.15) is 13.5 Å². The molecule has 2 aromatic carbocycles. The molecular weight excluding hydrogens is 397 g/mol. The van der Waals surface area contributed by atoms with Crippen LogP contribution in [0, 0.1) is 10.1 Å². The number of nitrogens with one attached hydrogen (secondary N) is 1. The van der Waals surface area contributed by atoms with Crippen LogP contribution >= 0.6 is 23.2 Å². The summed E-state index contributed by atoms with van der Waals surface area (Å²) in [6.45, 7) is 0. The lowest BCUT2D eigenvalue weighted by molar-refractivity contribution is -0.385. The van der Waals surface area contributed by atoms with Gasteiger partial charge >= 0.3 is 0 Å². The Kier molecular flexibility index (Phi) is 5.36. The summed E-state index contributed by atoms with van der Waals surface area (Å²) in [4.78, 5) is 11.4. The van der Waals surface area contributed by atoms with E-state index in [1.165, 1.54) is 6.07 Å². The molecule has 132 valence electrons. The molecular formula is C13H9Cl2N3O6S. The number of nitro benzene ring substituents is 1. The minimum Gasteiger partial charge on any atom is -0.506 e. The molecule has 0 bridgehead atoms. The molecule has 3 N–H and O–H groups in total. The SMILES string of the molecule is O=[N+]([O-])c1cccc(S(=O)(=O)N/N=C/c2cc(Cl)c(O)c(Cl)c2O)c1. The Balaban J connectivity index is 2.27. The van der Waals surface area contributed by atoms with Crippen molar-refractivity contribution < 1.29 is 23.6 Å². The van der Waals surface area contributed by atoms with Crippen molar-refractivity contribution >= 4 is 45.1 Å². The van der Waals surface area contributed by atoms with Crippen molar-refractivity contribution in [3.63, 3.8) is 0 Å². The van der Waals surface area contributed by atoms with E-state index in [1.54, 1.807) is 0 Å². The van der Waals surface area contributed by atoms with Gasteiger partial charge in [-0.3, -0.25) is 10.1 Å². The van der Waals surface area contributed by atoms with E-state index in [4.69, 9.17) is 23.2 Å². The normalized spacial score (nSPS) is 11.6. The number of hydrogen-bond donors (Lipinski definition) is 3. The summed E-state index contributed by atoms with van der Waals surface area (Å²) in [5, 5.41) is 32.7. The maximum atomic E-state index is 12.1. The smallest absolute Gasteiger partial charge is 0.276 e. The Bertz CT molecular complexity index is 978. The number of halogens is 2. The monoisotopic (exact) mass is 405 g/mol. The highest BCUT2D eigenvalue weighted by Gasteiger charge is 2.17. The summed E-state index contributed by atoms with van der Waals surface area (Å²) < 4.78 is 24.1. The van der Waals surface area contributed by atoms with Crippen molar-refractivity contribution in [1.82, 2.24) is 4.83 Å². The molecule has 0 radical (unpaired) electrons. The molecule has 0 unspecified atom stereocenters. The van der Waals surface area contributed by atoms with Gasteiger partial charge < -0.3 is 10.2 Å². The fraction of sp³-hybridized carbons (Fsp3) is 0. The van der Waals surface area contributed by atoms with Crippen LogP contribution in [-0.2, 0) is 10.0 Å². The number of nitrogens with zero attached hydrogens (tertiary/aromatic N) is 2. The van der Waals surface area contributed by atoms with Gasteiger partial charge in [0.05, 0.1) is 21.1 Å². The highest BCUT2D eigenvalue weighted by Crippen LogP contribution is 2.40. The summed E-state index contributed by atoms with van der Waals surface area (Å²) in [5.74, 6) is -1.09. The number of phenols is 2. The molecule has 0 aromatic heterocycles. The average molecular weight is 406 g/mol. The number of phenolic OH excluding ortho intramolecular Hbond substituents is 2. The number of rotatable bonds is 5. The average Bonchev–Trinajstić information content (AvgIpc) is 2.57. The van der Waals surface area contributed by atoms with Crippen molar-refractivity contribution in [3.05, 3.63) is 56.1 Å². The van der Waals surface area contributed by atoms with Crippen LogP contribution in [0.5, 0.6) is 11.5 Å². The topological polar surface area (TPSA) is 142 Å². The quantitative estimate of drug-likeness (QED) is 0.396. The number of sulfonamides is 1. The fourth-order valence-electron chi connectivity index (χ4n) is 1.70. The lowest BCUT2D eigenvalue weighted by Gasteiger charge is -2.06. The third-order valence-corrected chi connectivity index (χ3v) is 4.78. The molecule has 2 rings (SSSR count). The second-order valence-corrected chi connectivity index (χ2v) is 7.01. The summed E-state index contributed by atoms with van der Waals surface area (Å²) in [5.41, 5.74) is -0.462. The summed E-state index contributed by atoms with van der Waals surface area (Å²) in [6.07, 6.45) is 0.904. The van der Waals surface area contributed by atoms with E-state index in [0.29, 0.717) is 0 Å².